The molecule has 4 nitrogen and oxygen atoms in total. The minimum Gasteiger partial charge on any atom is -0.480 e. The summed E-state index contributed by atoms with van der Waals surface area (Å²) in [5, 5.41) is 0. The molecule has 0 saturated heterocycles. The number of ketones is 1. The molecule has 0 atom stereocenters. The molecule has 0 aliphatic heterocycles. The van der Waals surface area contributed by atoms with Crippen LogP contribution in [-0.4, -0.2) is 22.9 Å². The number of ether oxygens (including phenoxy) is 1. The van der Waals surface area contributed by atoms with Crippen LogP contribution in [0.3, 0.4) is 0 Å². The number of rotatable bonds is 3. The minimum atomic E-state index is -0.0860. The maximum Gasteiger partial charge on any atom is 0.227 e. The number of carbonyl (C=O) groups is 1. The molecule has 0 unspecified atom stereocenters. The minimum absolute atomic E-state index is 0.0860. The van der Waals surface area contributed by atoms with Crippen molar-refractivity contribution in [1.82, 2.24) is 9.97 Å². The zero-order valence-corrected chi connectivity index (χ0v) is 8.87. The van der Waals surface area contributed by atoms with Crippen LogP contribution in [0.4, 0.5) is 0 Å². The molecule has 1 rings (SSSR count). The molecule has 0 N–H and O–H groups in total. The zero-order valence-electron chi connectivity index (χ0n) is 8.87. The van der Waals surface area contributed by atoms with Gasteiger partial charge in [0.1, 0.15) is 5.82 Å². The van der Waals surface area contributed by atoms with Crippen molar-refractivity contribution < 1.29 is 9.53 Å². The Balaban J connectivity index is 3.18. The van der Waals surface area contributed by atoms with Crippen LogP contribution in [0.25, 0.3) is 0 Å². The van der Waals surface area contributed by atoms with E-state index in [0.29, 0.717) is 17.3 Å². The number of hydrogen-bond donors (Lipinski definition) is 0. The highest BCUT2D eigenvalue weighted by Crippen LogP contribution is 2.18. The van der Waals surface area contributed by atoms with E-state index in [4.69, 9.17) is 4.74 Å². The first-order valence-electron chi connectivity index (χ1n) is 4.48. The molecule has 4 heteroatoms. The normalized spacial score (nSPS) is 10.4. The molecule has 0 bridgehead atoms. The molecular weight excluding hydrogens is 180 g/mol. The smallest absolute Gasteiger partial charge is 0.227 e. The van der Waals surface area contributed by atoms with Gasteiger partial charge in [-0.05, 0) is 6.92 Å². The van der Waals surface area contributed by atoms with Crippen molar-refractivity contribution in [3.05, 3.63) is 17.6 Å². The summed E-state index contributed by atoms with van der Waals surface area (Å²) in [7, 11) is 1.50. The van der Waals surface area contributed by atoms with Crippen LogP contribution in [0, 0.1) is 0 Å². The number of Topliss-reactive ketones (excluding diaryl/α,β-unsaturated/α-hetero) is 1. The van der Waals surface area contributed by atoms with Crippen LogP contribution < -0.4 is 4.74 Å². The second kappa shape index (κ2) is 4.17. The Labute approximate surface area is 83.3 Å². The molecule has 1 heterocycles. The predicted molar refractivity (Wildman–Crippen MR) is 52.7 cm³/mol. The standard InChI is InChI=1S/C10H14N2O2/c1-6(2)9-11-5-8(7(3)13)10(12-9)14-4/h5-6H,1-4H3. The van der Waals surface area contributed by atoms with Gasteiger partial charge in [0, 0.05) is 12.1 Å². The zero-order chi connectivity index (χ0) is 10.7. The van der Waals surface area contributed by atoms with Gasteiger partial charge in [-0.15, -0.1) is 0 Å². The van der Waals surface area contributed by atoms with Crippen molar-refractivity contribution in [3.63, 3.8) is 0 Å². The number of aromatic nitrogens is 2. The summed E-state index contributed by atoms with van der Waals surface area (Å²) in [5.41, 5.74) is 0.428. The summed E-state index contributed by atoms with van der Waals surface area (Å²) >= 11 is 0. The van der Waals surface area contributed by atoms with E-state index >= 15 is 0 Å². The predicted octanol–water partition coefficient (Wildman–Crippen LogP) is 1.81. The quantitative estimate of drug-likeness (QED) is 0.688. The van der Waals surface area contributed by atoms with Crippen molar-refractivity contribution >= 4 is 5.78 Å². The molecule has 0 aromatic carbocycles. The molecule has 1 aromatic heterocycles. The molecule has 0 amide bonds. The third kappa shape index (κ3) is 2.07. The van der Waals surface area contributed by atoms with Gasteiger partial charge in [0.25, 0.3) is 0 Å². The number of carbonyl (C=O) groups excluding carboxylic acids is 1. The van der Waals surface area contributed by atoms with Gasteiger partial charge in [-0.25, -0.2) is 4.98 Å². The molecule has 0 aliphatic rings. The summed E-state index contributed by atoms with van der Waals surface area (Å²) in [6.07, 6.45) is 1.52. The van der Waals surface area contributed by atoms with Crippen LogP contribution in [0.15, 0.2) is 6.20 Å². The molecule has 0 radical (unpaired) electrons. The third-order valence-electron chi connectivity index (χ3n) is 1.86. The van der Waals surface area contributed by atoms with Crippen LogP contribution in [0.5, 0.6) is 5.88 Å². The van der Waals surface area contributed by atoms with Crippen molar-refractivity contribution in [2.75, 3.05) is 7.11 Å². The van der Waals surface area contributed by atoms with E-state index in [-0.39, 0.29) is 11.7 Å². The second-order valence-electron chi connectivity index (χ2n) is 3.36. The van der Waals surface area contributed by atoms with Gasteiger partial charge >= 0.3 is 0 Å². The fraction of sp³-hybridized carbons (Fsp3) is 0.500. The fourth-order valence-electron chi connectivity index (χ4n) is 1.05. The van der Waals surface area contributed by atoms with Crippen LogP contribution in [0.1, 0.15) is 42.9 Å². The van der Waals surface area contributed by atoms with Crippen LogP contribution >= 0.6 is 0 Å². The Morgan fingerprint density at radius 3 is 2.57 bits per heavy atom. The average molecular weight is 194 g/mol. The number of methoxy groups -OCH3 is 1. The first-order valence-corrected chi connectivity index (χ1v) is 4.48. The van der Waals surface area contributed by atoms with Crippen molar-refractivity contribution in [3.8, 4) is 5.88 Å². The monoisotopic (exact) mass is 194 g/mol. The fourth-order valence-corrected chi connectivity index (χ4v) is 1.05. The summed E-state index contributed by atoms with van der Waals surface area (Å²) in [5.74, 6) is 1.19. The lowest BCUT2D eigenvalue weighted by Gasteiger charge is -2.08. The SMILES string of the molecule is COc1nc(C(C)C)ncc1C(C)=O. The molecule has 14 heavy (non-hydrogen) atoms. The molecule has 0 saturated carbocycles. The average Bonchev–Trinajstić information content (AvgIpc) is 2.16. The third-order valence-corrected chi connectivity index (χ3v) is 1.86. The second-order valence-corrected chi connectivity index (χ2v) is 3.36. The van der Waals surface area contributed by atoms with E-state index in [1.54, 1.807) is 0 Å². The first kappa shape index (κ1) is 10.6. The lowest BCUT2D eigenvalue weighted by molar-refractivity contribution is 0.101. The Hall–Kier alpha value is -1.45. The molecule has 0 spiro atoms. The molecular formula is C10H14N2O2. The lowest BCUT2D eigenvalue weighted by atomic mass is 10.2. The van der Waals surface area contributed by atoms with Crippen molar-refractivity contribution in [2.24, 2.45) is 0 Å². The van der Waals surface area contributed by atoms with E-state index in [1.165, 1.54) is 20.2 Å². The Morgan fingerprint density at radius 1 is 1.50 bits per heavy atom. The van der Waals surface area contributed by atoms with E-state index < -0.39 is 0 Å². The van der Waals surface area contributed by atoms with Gasteiger partial charge in [0.05, 0.1) is 12.7 Å². The highest BCUT2D eigenvalue weighted by molar-refractivity contribution is 5.95. The van der Waals surface area contributed by atoms with Gasteiger partial charge in [0.2, 0.25) is 5.88 Å². The summed E-state index contributed by atoms with van der Waals surface area (Å²) in [6, 6.07) is 0. The molecule has 1 aromatic rings. The van der Waals surface area contributed by atoms with E-state index in [9.17, 15) is 4.79 Å². The van der Waals surface area contributed by atoms with Gasteiger partial charge < -0.3 is 4.74 Å². The highest BCUT2D eigenvalue weighted by atomic mass is 16.5. The lowest BCUT2D eigenvalue weighted by Crippen LogP contribution is -2.05. The van der Waals surface area contributed by atoms with Crippen LogP contribution in [-0.2, 0) is 0 Å². The van der Waals surface area contributed by atoms with E-state index in [0.717, 1.165) is 0 Å². The Kier molecular flexibility index (Phi) is 3.17. The Bertz CT molecular complexity index is 348. The summed E-state index contributed by atoms with van der Waals surface area (Å²) in [6.45, 7) is 5.45. The maximum absolute atomic E-state index is 11.1. The molecule has 0 fully saturated rings. The molecule has 0 aliphatic carbocycles. The summed E-state index contributed by atoms with van der Waals surface area (Å²) in [4.78, 5) is 19.4. The topological polar surface area (TPSA) is 52.1 Å². The number of hydrogen-bond acceptors (Lipinski definition) is 4. The van der Waals surface area contributed by atoms with E-state index in [1.807, 2.05) is 13.8 Å². The maximum atomic E-state index is 11.1. The first-order chi connectivity index (χ1) is 6.56. The highest BCUT2D eigenvalue weighted by Gasteiger charge is 2.12. The van der Waals surface area contributed by atoms with Gasteiger partial charge in [-0.1, -0.05) is 13.8 Å². The van der Waals surface area contributed by atoms with Crippen LogP contribution in [0.2, 0.25) is 0 Å². The van der Waals surface area contributed by atoms with Crippen molar-refractivity contribution in [1.29, 1.82) is 0 Å². The number of nitrogens with zero attached hydrogens (tertiary/aromatic N) is 2. The summed E-state index contributed by atoms with van der Waals surface area (Å²) < 4.78 is 5.03. The van der Waals surface area contributed by atoms with E-state index in [2.05, 4.69) is 9.97 Å². The molecule has 76 valence electrons. The largest absolute Gasteiger partial charge is 0.480 e. The Morgan fingerprint density at radius 2 is 2.14 bits per heavy atom. The van der Waals surface area contributed by atoms with Gasteiger partial charge in [-0.2, -0.15) is 4.98 Å². The van der Waals surface area contributed by atoms with Gasteiger partial charge in [0.15, 0.2) is 5.78 Å². The van der Waals surface area contributed by atoms with Gasteiger partial charge in [-0.3, -0.25) is 4.79 Å². The van der Waals surface area contributed by atoms with Crippen molar-refractivity contribution in [2.45, 2.75) is 26.7 Å².